The van der Waals surface area contributed by atoms with Crippen molar-refractivity contribution in [2.24, 2.45) is 4.99 Å². The number of benzene rings is 1. The molecule has 6 heteroatoms. The molecule has 4 nitrogen and oxygen atoms in total. The molecule has 0 aliphatic carbocycles. The Bertz CT molecular complexity index is 611. The Morgan fingerprint density at radius 1 is 1.04 bits per heavy atom. The Morgan fingerprint density at radius 3 is 2.26 bits per heavy atom. The van der Waals surface area contributed by atoms with Crippen molar-refractivity contribution in [1.82, 2.24) is 10.6 Å². The van der Waals surface area contributed by atoms with Crippen LogP contribution in [0.3, 0.4) is 0 Å². The van der Waals surface area contributed by atoms with E-state index in [0.29, 0.717) is 0 Å². The maximum atomic E-state index is 5.16. The standard InChI is InChI=1S/C17H23N3OS.HI/c1-4-15-9-10-16(22-15)12-20-17(18-2)19-11-13-5-7-14(21-3)8-6-13;/h5-10H,4,11-12H2,1-3H3,(H2,18,19,20);1H. The van der Waals surface area contributed by atoms with Crippen LogP contribution in [-0.4, -0.2) is 20.1 Å². The van der Waals surface area contributed by atoms with Gasteiger partial charge in [-0.3, -0.25) is 4.99 Å². The number of hydrogen-bond acceptors (Lipinski definition) is 3. The summed E-state index contributed by atoms with van der Waals surface area (Å²) in [5, 5.41) is 6.66. The van der Waals surface area contributed by atoms with Gasteiger partial charge in [0.15, 0.2) is 5.96 Å². The molecule has 0 aliphatic heterocycles. The molecule has 0 aliphatic rings. The second-order valence-electron chi connectivity index (χ2n) is 4.85. The first-order valence-corrected chi connectivity index (χ1v) is 8.21. The van der Waals surface area contributed by atoms with E-state index in [0.717, 1.165) is 31.2 Å². The van der Waals surface area contributed by atoms with Crippen molar-refractivity contribution in [2.75, 3.05) is 14.2 Å². The van der Waals surface area contributed by atoms with Gasteiger partial charge in [-0.15, -0.1) is 35.3 Å². The third-order valence-electron chi connectivity index (χ3n) is 3.34. The van der Waals surface area contributed by atoms with Gasteiger partial charge in [0.25, 0.3) is 0 Å². The molecular weight excluding hydrogens is 421 g/mol. The van der Waals surface area contributed by atoms with Crippen LogP contribution in [0, 0.1) is 0 Å². The molecule has 1 aromatic heterocycles. The topological polar surface area (TPSA) is 45.7 Å². The van der Waals surface area contributed by atoms with Crippen LogP contribution in [-0.2, 0) is 19.5 Å². The van der Waals surface area contributed by atoms with Crippen molar-refractivity contribution in [3.8, 4) is 5.75 Å². The van der Waals surface area contributed by atoms with Gasteiger partial charge in [0.1, 0.15) is 5.75 Å². The van der Waals surface area contributed by atoms with Gasteiger partial charge in [-0.2, -0.15) is 0 Å². The number of methoxy groups -OCH3 is 1. The number of nitrogens with one attached hydrogen (secondary N) is 2. The number of rotatable bonds is 6. The van der Waals surface area contributed by atoms with E-state index >= 15 is 0 Å². The predicted molar refractivity (Wildman–Crippen MR) is 109 cm³/mol. The molecule has 23 heavy (non-hydrogen) atoms. The van der Waals surface area contributed by atoms with E-state index in [1.807, 2.05) is 35.6 Å². The van der Waals surface area contributed by atoms with Crippen molar-refractivity contribution in [3.63, 3.8) is 0 Å². The maximum absolute atomic E-state index is 5.16. The molecule has 0 bridgehead atoms. The van der Waals surface area contributed by atoms with Crippen LogP contribution in [0.4, 0.5) is 0 Å². The Morgan fingerprint density at radius 2 is 1.70 bits per heavy atom. The van der Waals surface area contributed by atoms with Gasteiger partial charge in [-0.05, 0) is 36.2 Å². The molecule has 126 valence electrons. The average molecular weight is 445 g/mol. The minimum atomic E-state index is 0. The molecule has 0 atom stereocenters. The molecule has 2 rings (SSSR count). The molecule has 1 aromatic carbocycles. The van der Waals surface area contributed by atoms with Gasteiger partial charge in [-0.25, -0.2) is 0 Å². The second-order valence-corrected chi connectivity index (χ2v) is 6.10. The van der Waals surface area contributed by atoms with Gasteiger partial charge >= 0.3 is 0 Å². The molecule has 2 aromatic rings. The highest BCUT2D eigenvalue weighted by atomic mass is 127. The fraction of sp³-hybridized carbons (Fsp3) is 0.353. The third-order valence-corrected chi connectivity index (χ3v) is 4.57. The Kier molecular flexibility index (Phi) is 9.01. The van der Waals surface area contributed by atoms with Gasteiger partial charge in [0, 0.05) is 23.3 Å². The van der Waals surface area contributed by atoms with Crippen LogP contribution < -0.4 is 15.4 Å². The number of halogens is 1. The smallest absolute Gasteiger partial charge is 0.191 e. The maximum Gasteiger partial charge on any atom is 0.191 e. The van der Waals surface area contributed by atoms with E-state index in [-0.39, 0.29) is 24.0 Å². The normalized spacial score (nSPS) is 10.8. The molecule has 0 amide bonds. The molecule has 0 saturated carbocycles. The van der Waals surface area contributed by atoms with Gasteiger partial charge in [0.05, 0.1) is 13.7 Å². The average Bonchev–Trinajstić information content (AvgIpc) is 3.03. The SMILES string of the molecule is CCc1ccc(CNC(=NC)NCc2ccc(OC)cc2)s1.I. The summed E-state index contributed by atoms with van der Waals surface area (Å²) in [6.07, 6.45) is 1.09. The summed E-state index contributed by atoms with van der Waals surface area (Å²) in [6, 6.07) is 12.4. The van der Waals surface area contributed by atoms with Crippen LogP contribution >= 0.6 is 35.3 Å². The molecule has 0 saturated heterocycles. The van der Waals surface area contributed by atoms with Crippen molar-refractivity contribution in [3.05, 3.63) is 51.7 Å². The zero-order chi connectivity index (χ0) is 15.8. The van der Waals surface area contributed by atoms with E-state index in [9.17, 15) is 0 Å². The summed E-state index contributed by atoms with van der Waals surface area (Å²) >= 11 is 1.84. The Labute approximate surface area is 159 Å². The first kappa shape index (κ1) is 19.8. The lowest BCUT2D eigenvalue weighted by Gasteiger charge is -2.11. The summed E-state index contributed by atoms with van der Waals surface area (Å²) in [7, 11) is 3.46. The quantitative estimate of drug-likeness (QED) is 0.404. The van der Waals surface area contributed by atoms with Gasteiger partial charge in [-0.1, -0.05) is 19.1 Å². The summed E-state index contributed by atoms with van der Waals surface area (Å²) in [5.41, 5.74) is 1.19. The lowest BCUT2D eigenvalue weighted by atomic mass is 10.2. The van der Waals surface area contributed by atoms with Crippen molar-refractivity contribution < 1.29 is 4.74 Å². The summed E-state index contributed by atoms with van der Waals surface area (Å²) < 4.78 is 5.16. The van der Waals surface area contributed by atoms with Crippen molar-refractivity contribution in [1.29, 1.82) is 0 Å². The third kappa shape index (κ3) is 6.39. The van der Waals surface area contributed by atoms with Gasteiger partial charge < -0.3 is 15.4 Å². The zero-order valence-corrected chi connectivity index (χ0v) is 16.9. The molecular formula is C17H24IN3OS. The number of hydrogen-bond donors (Lipinski definition) is 2. The Hall–Kier alpha value is -1.28. The van der Waals surface area contributed by atoms with Crippen LogP contribution in [0.25, 0.3) is 0 Å². The van der Waals surface area contributed by atoms with E-state index in [1.165, 1.54) is 15.3 Å². The number of nitrogens with zero attached hydrogens (tertiary/aromatic N) is 1. The first-order valence-electron chi connectivity index (χ1n) is 7.40. The van der Waals surface area contributed by atoms with E-state index in [1.54, 1.807) is 14.2 Å². The minimum absolute atomic E-state index is 0. The van der Waals surface area contributed by atoms with Crippen molar-refractivity contribution in [2.45, 2.75) is 26.4 Å². The highest BCUT2D eigenvalue weighted by Gasteiger charge is 2.02. The molecule has 0 unspecified atom stereocenters. The highest BCUT2D eigenvalue weighted by Crippen LogP contribution is 2.16. The predicted octanol–water partition coefficient (Wildman–Crippen LogP) is 3.80. The molecule has 1 heterocycles. The summed E-state index contributed by atoms with van der Waals surface area (Å²) in [6.45, 7) is 3.71. The van der Waals surface area contributed by atoms with E-state index in [2.05, 4.69) is 34.7 Å². The molecule has 0 spiro atoms. The second kappa shape index (κ2) is 10.5. The number of aliphatic imine (C=N–C) groups is 1. The van der Waals surface area contributed by atoms with Crippen LogP contribution in [0.1, 0.15) is 22.2 Å². The van der Waals surface area contributed by atoms with Crippen LogP contribution in [0.5, 0.6) is 5.75 Å². The largest absolute Gasteiger partial charge is 0.497 e. The fourth-order valence-corrected chi connectivity index (χ4v) is 2.93. The first-order chi connectivity index (χ1) is 10.7. The highest BCUT2D eigenvalue weighted by molar-refractivity contribution is 14.0. The van der Waals surface area contributed by atoms with Crippen LogP contribution in [0.15, 0.2) is 41.4 Å². The monoisotopic (exact) mass is 445 g/mol. The van der Waals surface area contributed by atoms with Crippen molar-refractivity contribution >= 4 is 41.3 Å². The number of thiophene rings is 1. The lowest BCUT2D eigenvalue weighted by molar-refractivity contribution is 0.414. The minimum Gasteiger partial charge on any atom is -0.497 e. The molecule has 0 fully saturated rings. The number of guanidine groups is 1. The van der Waals surface area contributed by atoms with E-state index < -0.39 is 0 Å². The Balaban J connectivity index is 0.00000264. The van der Waals surface area contributed by atoms with Gasteiger partial charge in [0.2, 0.25) is 0 Å². The van der Waals surface area contributed by atoms with Crippen LogP contribution in [0.2, 0.25) is 0 Å². The number of ether oxygens (including phenoxy) is 1. The summed E-state index contributed by atoms with van der Waals surface area (Å²) in [4.78, 5) is 6.99. The zero-order valence-electron chi connectivity index (χ0n) is 13.8. The number of aryl methyl sites for hydroxylation is 1. The summed E-state index contributed by atoms with van der Waals surface area (Å²) in [5.74, 6) is 1.68. The van der Waals surface area contributed by atoms with E-state index in [4.69, 9.17) is 4.74 Å². The molecule has 2 N–H and O–H groups in total. The lowest BCUT2D eigenvalue weighted by Crippen LogP contribution is -2.36. The molecule has 0 radical (unpaired) electrons. The fourth-order valence-electron chi connectivity index (χ4n) is 2.03.